The molecule has 0 heterocycles. The Labute approximate surface area is 178 Å². The van der Waals surface area contributed by atoms with Crippen molar-refractivity contribution in [2.45, 2.75) is 13.8 Å². The lowest BCUT2D eigenvalue weighted by Crippen LogP contribution is -2.31. The number of hydrogen-bond donors (Lipinski definition) is 1. The molecule has 0 unspecified atom stereocenters. The Morgan fingerprint density at radius 1 is 0.897 bits per heavy atom. The van der Waals surface area contributed by atoms with Crippen molar-refractivity contribution in [2.24, 2.45) is 0 Å². The van der Waals surface area contributed by atoms with Crippen LogP contribution in [0.3, 0.4) is 0 Å². The first-order valence-corrected chi connectivity index (χ1v) is 10.0. The van der Waals surface area contributed by atoms with Gasteiger partial charge in [-0.3, -0.25) is 9.59 Å². The predicted octanol–water partition coefficient (Wildman–Crippen LogP) is 3.60. The minimum atomic E-state index is -0.547. The molecule has 156 valence electrons. The fourth-order valence-electron chi connectivity index (χ4n) is 2.34. The number of amides is 1. The molecule has 29 heavy (non-hydrogen) atoms. The number of rotatable bonds is 11. The van der Waals surface area contributed by atoms with Gasteiger partial charge in [-0.05, 0) is 56.3 Å². The fraction of sp³-hybridized carbons (Fsp3) is 0.333. The molecule has 0 bridgehead atoms. The molecule has 2 aromatic rings. The highest BCUT2D eigenvalue weighted by Crippen LogP contribution is 2.28. The summed E-state index contributed by atoms with van der Waals surface area (Å²) >= 11 is 3.34. The maximum absolute atomic E-state index is 12.3. The Bertz CT molecular complexity index is 809. The number of hydrogen-bond acceptors (Lipinski definition) is 6. The van der Waals surface area contributed by atoms with E-state index in [0.717, 1.165) is 4.47 Å². The van der Waals surface area contributed by atoms with E-state index in [2.05, 4.69) is 21.2 Å². The lowest BCUT2D eigenvalue weighted by molar-refractivity contribution is -0.143. The van der Waals surface area contributed by atoms with Gasteiger partial charge in [-0.25, -0.2) is 0 Å². The van der Waals surface area contributed by atoms with E-state index in [4.69, 9.17) is 18.9 Å². The molecular weight excluding hydrogens is 442 g/mol. The predicted molar refractivity (Wildman–Crippen MR) is 112 cm³/mol. The Morgan fingerprint density at radius 2 is 1.59 bits per heavy atom. The van der Waals surface area contributed by atoms with Crippen LogP contribution in [0.2, 0.25) is 0 Å². The second-order valence-corrected chi connectivity index (χ2v) is 6.65. The van der Waals surface area contributed by atoms with E-state index in [-0.39, 0.29) is 19.8 Å². The van der Waals surface area contributed by atoms with Crippen LogP contribution in [-0.4, -0.2) is 44.8 Å². The van der Waals surface area contributed by atoms with E-state index >= 15 is 0 Å². The molecule has 0 saturated carbocycles. The van der Waals surface area contributed by atoms with Crippen molar-refractivity contribution in [2.75, 3.05) is 33.0 Å². The summed E-state index contributed by atoms with van der Waals surface area (Å²) in [5, 5.41) is 2.53. The average Bonchev–Trinajstić information content (AvgIpc) is 2.72. The highest BCUT2D eigenvalue weighted by atomic mass is 79.9. The number of benzene rings is 2. The summed E-state index contributed by atoms with van der Waals surface area (Å²) in [6.07, 6.45) is 0. The van der Waals surface area contributed by atoms with Crippen molar-refractivity contribution in [3.05, 3.63) is 52.5 Å². The van der Waals surface area contributed by atoms with E-state index in [0.29, 0.717) is 36.0 Å². The molecule has 0 aliphatic heterocycles. The van der Waals surface area contributed by atoms with E-state index in [1.54, 1.807) is 30.3 Å². The maximum Gasteiger partial charge on any atom is 0.325 e. The van der Waals surface area contributed by atoms with Gasteiger partial charge in [0.25, 0.3) is 5.91 Å². The van der Waals surface area contributed by atoms with Crippen molar-refractivity contribution in [1.82, 2.24) is 5.32 Å². The topological polar surface area (TPSA) is 83.1 Å². The SMILES string of the molecule is CCOc1ccc(C(=O)NCC(=O)OCCOc2ccc(Br)cc2)cc1OCC. The molecule has 0 aromatic heterocycles. The van der Waals surface area contributed by atoms with Crippen LogP contribution in [0.1, 0.15) is 24.2 Å². The third-order valence-corrected chi connectivity index (χ3v) is 4.16. The van der Waals surface area contributed by atoms with Crippen molar-refractivity contribution in [3.63, 3.8) is 0 Å². The first-order chi connectivity index (χ1) is 14.0. The third-order valence-electron chi connectivity index (χ3n) is 3.63. The number of carbonyl (C=O) groups excluding carboxylic acids is 2. The average molecular weight is 466 g/mol. The van der Waals surface area contributed by atoms with Crippen LogP contribution >= 0.6 is 15.9 Å². The van der Waals surface area contributed by atoms with Crippen molar-refractivity contribution in [3.8, 4) is 17.2 Å². The molecule has 0 radical (unpaired) electrons. The van der Waals surface area contributed by atoms with Crippen molar-refractivity contribution >= 4 is 27.8 Å². The third kappa shape index (κ3) is 7.65. The molecule has 2 rings (SSSR count). The molecule has 0 saturated heterocycles. The van der Waals surface area contributed by atoms with Crippen LogP contribution in [0.4, 0.5) is 0 Å². The molecule has 0 atom stereocenters. The smallest absolute Gasteiger partial charge is 0.325 e. The van der Waals surface area contributed by atoms with Gasteiger partial charge in [-0.2, -0.15) is 0 Å². The van der Waals surface area contributed by atoms with Crippen molar-refractivity contribution in [1.29, 1.82) is 0 Å². The number of ether oxygens (including phenoxy) is 4. The molecule has 7 nitrogen and oxygen atoms in total. The first kappa shape index (κ1) is 22.5. The van der Waals surface area contributed by atoms with Gasteiger partial charge in [0.1, 0.15) is 25.5 Å². The summed E-state index contributed by atoms with van der Waals surface area (Å²) < 4.78 is 22.4. The lowest BCUT2D eigenvalue weighted by atomic mass is 10.2. The van der Waals surface area contributed by atoms with Gasteiger partial charge >= 0.3 is 5.97 Å². The Morgan fingerprint density at radius 3 is 2.28 bits per heavy atom. The maximum atomic E-state index is 12.3. The first-order valence-electron chi connectivity index (χ1n) is 9.25. The second-order valence-electron chi connectivity index (χ2n) is 5.73. The van der Waals surface area contributed by atoms with Gasteiger partial charge in [0.2, 0.25) is 0 Å². The van der Waals surface area contributed by atoms with E-state index < -0.39 is 11.9 Å². The Kier molecular flexibility index (Phi) is 9.30. The molecule has 0 aliphatic carbocycles. The second kappa shape index (κ2) is 12.0. The largest absolute Gasteiger partial charge is 0.490 e. The number of halogens is 1. The molecule has 1 N–H and O–H groups in total. The van der Waals surface area contributed by atoms with Gasteiger partial charge in [-0.1, -0.05) is 15.9 Å². The minimum Gasteiger partial charge on any atom is -0.490 e. The van der Waals surface area contributed by atoms with Gasteiger partial charge in [0, 0.05) is 10.0 Å². The zero-order valence-corrected chi connectivity index (χ0v) is 18.0. The van der Waals surface area contributed by atoms with E-state index in [1.165, 1.54) is 0 Å². The van der Waals surface area contributed by atoms with Gasteiger partial charge < -0.3 is 24.3 Å². The highest BCUT2D eigenvalue weighted by Gasteiger charge is 2.13. The van der Waals surface area contributed by atoms with Crippen LogP contribution in [-0.2, 0) is 9.53 Å². The van der Waals surface area contributed by atoms with E-state index in [9.17, 15) is 9.59 Å². The molecule has 8 heteroatoms. The minimum absolute atomic E-state index is 0.0856. The van der Waals surface area contributed by atoms with Gasteiger partial charge in [-0.15, -0.1) is 0 Å². The quantitative estimate of drug-likeness (QED) is 0.403. The van der Waals surface area contributed by atoms with Crippen LogP contribution in [0.15, 0.2) is 46.9 Å². The lowest BCUT2D eigenvalue weighted by Gasteiger charge is -2.12. The summed E-state index contributed by atoms with van der Waals surface area (Å²) in [5.74, 6) is 0.773. The fourth-order valence-corrected chi connectivity index (χ4v) is 2.61. The number of nitrogens with one attached hydrogen (secondary N) is 1. The monoisotopic (exact) mass is 465 g/mol. The normalized spacial score (nSPS) is 10.2. The zero-order chi connectivity index (χ0) is 21.1. The summed E-state index contributed by atoms with van der Waals surface area (Å²) in [6, 6.07) is 12.2. The van der Waals surface area contributed by atoms with Crippen LogP contribution in [0.5, 0.6) is 17.2 Å². The highest BCUT2D eigenvalue weighted by molar-refractivity contribution is 9.10. The summed E-state index contributed by atoms with van der Waals surface area (Å²) in [4.78, 5) is 24.1. The summed E-state index contributed by atoms with van der Waals surface area (Å²) in [7, 11) is 0. The standard InChI is InChI=1S/C21H24BrNO6/c1-3-26-18-10-5-15(13-19(18)27-4-2)21(25)23-14-20(24)29-12-11-28-17-8-6-16(22)7-9-17/h5-10,13H,3-4,11-12,14H2,1-2H3,(H,23,25). The zero-order valence-electron chi connectivity index (χ0n) is 16.4. The molecule has 0 spiro atoms. The Hall–Kier alpha value is -2.74. The Balaban J connectivity index is 1.75. The van der Waals surface area contributed by atoms with Crippen LogP contribution in [0.25, 0.3) is 0 Å². The van der Waals surface area contributed by atoms with E-state index in [1.807, 2.05) is 26.0 Å². The van der Waals surface area contributed by atoms with Crippen LogP contribution < -0.4 is 19.5 Å². The van der Waals surface area contributed by atoms with Crippen molar-refractivity contribution < 1.29 is 28.5 Å². The number of esters is 1. The molecule has 2 aromatic carbocycles. The molecule has 0 aliphatic rings. The summed E-state index contributed by atoms with van der Waals surface area (Å²) in [6.45, 7) is 4.71. The molecular formula is C21H24BrNO6. The molecule has 0 fully saturated rings. The van der Waals surface area contributed by atoms with Gasteiger partial charge in [0.05, 0.1) is 13.2 Å². The molecule has 1 amide bonds. The summed E-state index contributed by atoms with van der Waals surface area (Å²) in [5.41, 5.74) is 0.364. The van der Waals surface area contributed by atoms with Gasteiger partial charge in [0.15, 0.2) is 11.5 Å². The number of carbonyl (C=O) groups is 2. The van der Waals surface area contributed by atoms with Crippen LogP contribution in [0, 0.1) is 0 Å².